The highest BCUT2D eigenvalue weighted by molar-refractivity contribution is 6.73. The molecule has 0 aliphatic rings. The first kappa shape index (κ1) is 13.4. The van der Waals surface area contributed by atoms with Crippen molar-refractivity contribution in [1.82, 2.24) is 0 Å². The summed E-state index contributed by atoms with van der Waals surface area (Å²) in [6.45, 7) is 13.7. The molecule has 1 nitrogen and oxygen atoms in total. The Hall–Kier alpha value is 0.394. The van der Waals surface area contributed by atoms with Crippen LogP contribution in [0.15, 0.2) is 0 Å². The van der Waals surface area contributed by atoms with Gasteiger partial charge in [-0.3, -0.25) is 0 Å². The SMILES string of the molecule is CCC(C)(C)CC[Si]O[Si](C)(C)C. The zero-order valence-corrected chi connectivity index (χ0v) is 12.0. The van der Waals surface area contributed by atoms with Crippen LogP contribution in [0, 0.1) is 5.41 Å². The van der Waals surface area contributed by atoms with Gasteiger partial charge in [0.15, 0.2) is 8.32 Å². The van der Waals surface area contributed by atoms with E-state index in [1.165, 1.54) is 18.9 Å². The summed E-state index contributed by atoms with van der Waals surface area (Å²) in [6, 6.07) is 1.24. The van der Waals surface area contributed by atoms with Gasteiger partial charge in [-0.1, -0.05) is 27.2 Å². The van der Waals surface area contributed by atoms with Crippen molar-refractivity contribution in [2.45, 2.75) is 59.3 Å². The van der Waals surface area contributed by atoms with Gasteiger partial charge in [-0.2, -0.15) is 0 Å². The maximum atomic E-state index is 5.84. The fraction of sp³-hybridized carbons (Fsp3) is 1.00. The lowest BCUT2D eigenvalue weighted by Crippen LogP contribution is -2.27. The van der Waals surface area contributed by atoms with E-state index in [0.717, 1.165) is 9.76 Å². The van der Waals surface area contributed by atoms with E-state index in [1.807, 2.05) is 0 Å². The first-order chi connectivity index (χ1) is 5.77. The Morgan fingerprint density at radius 2 is 1.77 bits per heavy atom. The van der Waals surface area contributed by atoms with Crippen molar-refractivity contribution in [2.24, 2.45) is 5.41 Å². The second-order valence-electron chi connectivity index (χ2n) is 5.38. The van der Waals surface area contributed by atoms with Crippen molar-refractivity contribution in [3.8, 4) is 0 Å². The average molecular weight is 216 g/mol. The molecular formula is C10H24OSi2. The van der Waals surface area contributed by atoms with Crippen LogP contribution in [0.1, 0.15) is 33.6 Å². The van der Waals surface area contributed by atoms with Crippen LogP contribution in [-0.4, -0.2) is 18.1 Å². The summed E-state index contributed by atoms with van der Waals surface area (Å²) >= 11 is 0. The van der Waals surface area contributed by atoms with Crippen molar-refractivity contribution in [3.05, 3.63) is 0 Å². The fourth-order valence-corrected chi connectivity index (χ4v) is 3.75. The second-order valence-corrected chi connectivity index (χ2v) is 11.2. The van der Waals surface area contributed by atoms with E-state index in [2.05, 4.69) is 40.4 Å². The Morgan fingerprint density at radius 1 is 1.23 bits per heavy atom. The van der Waals surface area contributed by atoms with Crippen LogP contribution < -0.4 is 0 Å². The molecule has 0 aliphatic heterocycles. The highest BCUT2D eigenvalue weighted by atomic mass is 28.4. The maximum Gasteiger partial charge on any atom is 0.215 e. The third-order valence-electron chi connectivity index (χ3n) is 2.24. The molecule has 0 aliphatic carbocycles. The number of rotatable bonds is 6. The van der Waals surface area contributed by atoms with Gasteiger partial charge in [0.05, 0.1) is 0 Å². The number of hydrogen-bond acceptors (Lipinski definition) is 1. The summed E-state index contributed by atoms with van der Waals surface area (Å²) in [4.78, 5) is 0. The molecule has 0 spiro atoms. The summed E-state index contributed by atoms with van der Waals surface area (Å²) in [5, 5.41) is 0. The molecule has 0 heterocycles. The Kier molecular flexibility index (Phi) is 5.48. The largest absolute Gasteiger partial charge is 0.456 e. The molecule has 0 saturated carbocycles. The first-order valence-corrected chi connectivity index (χ1v) is 9.70. The van der Waals surface area contributed by atoms with Gasteiger partial charge in [0.1, 0.15) is 0 Å². The van der Waals surface area contributed by atoms with Crippen LogP contribution in [0.2, 0.25) is 25.7 Å². The van der Waals surface area contributed by atoms with E-state index in [-0.39, 0.29) is 0 Å². The minimum absolute atomic E-state index is 0.510. The molecule has 0 aromatic heterocycles. The minimum atomic E-state index is -1.25. The van der Waals surface area contributed by atoms with Gasteiger partial charge >= 0.3 is 0 Å². The number of hydrogen-bond donors (Lipinski definition) is 0. The monoisotopic (exact) mass is 216 g/mol. The smallest absolute Gasteiger partial charge is 0.215 e. The first-order valence-electron chi connectivity index (χ1n) is 5.18. The van der Waals surface area contributed by atoms with E-state index in [1.54, 1.807) is 0 Å². The van der Waals surface area contributed by atoms with E-state index in [0.29, 0.717) is 5.41 Å². The maximum absolute atomic E-state index is 5.84. The molecule has 0 saturated heterocycles. The predicted octanol–water partition coefficient (Wildman–Crippen LogP) is 3.70. The molecule has 3 heteroatoms. The molecule has 0 fully saturated rings. The predicted molar refractivity (Wildman–Crippen MR) is 63.7 cm³/mol. The summed E-state index contributed by atoms with van der Waals surface area (Å²) < 4.78 is 5.84. The third kappa shape index (κ3) is 8.72. The highest BCUT2D eigenvalue weighted by Gasteiger charge is 2.17. The van der Waals surface area contributed by atoms with Crippen molar-refractivity contribution < 1.29 is 4.12 Å². The van der Waals surface area contributed by atoms with Crippen molar-refractivity contribution in [3.63, 3.8) is 0 Å². The fourth-order valence-electron chi connectivity index (χ4n) is 0.834. The summed E-state index contributed by atoms with van der Waals surface area (Å²) in [7, 11) is -0.529. The lowest BCUT2D eigenvalue weighted by molar-refractivity contribution is 0.334. The highest BCUT2D eigenvalue weighted by Crippen LogP contribution is 2.26. The molecule has 0 amide bonds. The molecule has 78 valence electrons. The molecule has 0 N–H and O–H groups in total. The lowest BCUT2D eigenvalue weighted by atomic mass is 9.87. The third-order valence-corrected chi connectivity index (χ3v) is 5.72. The molecule has 0 rings (SSSR count). The van der Waals surface area contributed by atoms with Gasteiger partial charge in [0, 0.05) is 0 Å². The normalized spacial score (nSPS) is 13.4. The van der Waals surface area contributed by atoms with Crippen LogP contribution in [0.4, 0.5) is 0 Å². The van der Waals surface area contributed by atoms with Crippen LogP contribution in [0.25, 0.3) is 0 Å². The van der Waals surface area contributed by atoms with E-state index < -0.39 is 8.32 Å². The van der Waals surface area contributed by atoms with Gasteiger partial charge in [-0.25, -0.2) is 0 Å². The average Bonchev–Trinajstić information content (AvgIpc) is 1.97. The molecular weight excluding hydrogens is 192 g/mol. The van der Waals surface area contributed by atoms with Gasteiger partial charge in [-0.15, -0.1) is 0 Å². The van der Waals surface area contributed by atoms with Gasteiger partial charge < -0.3 is 4.12 Å². The van der Waals surface area contributed by atoms with E-state index in [9.17, 15) is 0 Å². The van der Waals surface area contributed by atoms with Crippen molar-refractivity contribution >= 4 is 18.1 Å². The summed E-state index contributed by atoms with van der Waals surface area (Å²) in [6.07, 6.45) is 2.57. The van der Waals surface area contributed by atoms with Crippen LogP contribution in [0.5, 0.6) is 0 Å². The molecule has 2 radical (unpaired) electrons. The second kappa shape index (κ2) is 5.32. The van der Waals surface area contributed by atoms with Crippen molar-refractivity contribution in [2.75, 3.05) is 0 Å². The van der Waals surface area contributed by atoms with Crippen LogP contribution in [-0.2, 0) is 4.12 Å². The van der Waals surface area contributed by atoms with Crippen LogP contribution >= 0.6 is 0 Å². The lowest BCUT2D eigenvalue weighted by Gasteiger charge is -2.23. The molecule has 0 aromatic carbocycles. The quantitative estimate of drug-likeness (QED) is 0.486. The Bertz CT molecular complexity index is 138. The van der Waals surface area contributed by atoms with Gasteiger partial charge in [0.25, 0.3) is 0 Å². The van der Waals surface area contributed by atoms with Crippen LogP contribution in [0.3, 0.4) is 0 Å². The molecule has 0 aromatic rings. The zero-order chi connectivity index (χ0) is 10.5. The summed E-state index contributed by atoms with van der Waals surface area (Å²) in [5.74, 6) is 0. The zero-order valence-electron chi connectivity index (χ0n) is 10.0. The topological polar surface area (TPSA) is 9.23 Å². The van der Waals surface area contributed by atoms with E-state index >= 15 is 0 Å². The standard InChI is InChI=1S/C10H24OSi2/c1-7-10(2,3)8-9-12-11-13(4,5)6/h7-9H2,1-6H3. The molecule has 0 bridgehead atoms. The van der Waals surface area contributed by atoms with Gasteiger partial charge in [0.2, 0.25) is 9.76 Å². The molecule has 0 unspecified atom stereocenters. The molecule has 13 heavy (non-hydrogen) atoms. The van der Waals surface area contributed by atoms with E-state index in [4.69, 9.17) is 4.12 Å². The van der Waals surface area contributed by atoms with Crippen molar-refractivity contribution in [1.29, 1.82) is 0 Å². The summed E-state index contributed by atoms with van der Waals surface area (Å²) in [5.41, 5.74) is 0.510. The van der Waals surface area contributed by atoms with Gasteiger partial charge in [-0.05, 0) is 37.5 Å². The molecule has 0 atom stereocenters. The Balaban J connectivity index is 3.47. The Labute approximate surface area is 87.3 Å². The minimum Gasteiger partial charge on any atom is -0.456 e. The Morgan fingerprint density at radius 3 is 2.15 bits per heavy atom.